The normalized spacial score (nSPS) is 22.4. The van der Waals surface area contributed by atoms with Gasteiger partial charge < -0.3 is 5.11 Å². The first-order valence-corrected chi connectivity index (χ1v) is 6.59. The van der Waals surface area contributed by atoms with E-state index in [0.29, 0.717) is 11.9 Å². The van der Waals surface area contributed by atoms with Crippen LogP contribution in [0.25, 0.3) is 0 Å². The maximum Gasteiger partial charge on any atom is 0.107 e. The molecule has 1 aliphatic rings. The molecule has 0 amide bonds. The smallest absolute Gasteiger partial charge is 0.107 e. The van der Waals surface area contributed by atoms with Crippen molar-refractivity contribution in [2.24, 2.45) is 0 Å². The molecule has 0 aromatic carbocycles. The summed E-state index contributed by atoms with van der Waals surface area (Å²) in [6.45, 7) is 2.18. The van der Waals surface area contributed by atoms with Crippen LogP contribution in [0.15, 0.2) is 5.38 Å². The maximum absolute atomic E-state index is 9.19. The second kappa shape index (κ2) is 5.25. The molecule has 1 unspecified atom stereocenters. The minimum atomic E-state index is 0.258. The second-order valence-corrected chi connectivity index (χ2v) is 5.03. The minimum absolute atomic E-state index is 0.258. The molecule has 2 rings (SSSR count). The van der Waals surface area contributed by atoms with Crippen molar-refractivity contribution in [1.29, 1.82) is 0 Å². The highest BCUT2D eigenvalue weighted by atomic mass is 35.5. The van der Waals surface area contributed by atoms with E-state index < -0.39 is 0 Å². The number of alkyl halides is 1. The molecule has 84 valence electrons. The molecule has 1 aromatic rings. The molecule has 1 N–H and O–H groups in total. The summed E-state index contributed by atoms with van der Waals surface area (Å²) in [5.41, 5.74) is 0.955. The lowest BCUT2D eigenvalue weighted by Crippen LogP contribution is -2.31. The maximum atomic E-state index is 9.19. The Labute approximate surface area is 98.7 Å². The van der Waals surface area contributed by atoms with E-state index in [4.69, 9.17) is 11.6 Å². The Bertz CT molecular complexity index is 318. The van der Waals surface area contributed by atoms with E-state index in [1.807, 2.05) is 5.38 Å². The number of rotatable bonds is 4. The fourth-order valence-electron chi connectivity index (χ4n) is 1.97. The number of aliphatic hydroxyl groups excluding tert-OH is 1. The van der Waals surface area contributed by atoms with Crippen LogP contribution >= 0.6 is 22.9 Å². The van der Waals surface area contributed by atoms with Crippen molar-refractivity contribution >= 4 is 22.9 Å². The van der Waals surface area contributed by atoms with Gasteiger partial charge in [0.05, 0.1) is 24.7 Å². The van der Waals surface area contributed by atoms with Crippen molar-refractivity contribution in [3.63, 3.8) is 0 Å². The van der Waals surface area contributed by atoms with E-state index in [1.165, 1.54) is 6.42 Å². The van der Waals surface area contributed by atoms with Gasteiger partial charge in [0.2, 0.25) is 0 Å². The van der Waals surface area contributed by atoms with Crippen LogP contribution in [0.5, 0.6) is 0 Å². The third kappa shape index (κ3) is 2.69. The fourth-order valence-corrected chi connectivity index (χ4v) is 3.01. The zero-order valence-corrected chi connectivity index (χ0v) is 10.1. The molecule has 0 aliphatic carbocycles. The van der Waals surface area contributed by atoms with Crippen molar-refractivity contribution in [3.05, 3.63) is 16.1 Å². The van der Waals surface area contributed by atoms with Crippen LogP contribution in [0, 0.1) is 0 Å². The Kier molecular flexibility index (Phi) is 3.97. The summed E-state index contributed by atoms with van der Waals surface area (Å²) in [5.74, 6) is 0.486. The molecule has 3 nitrogen and oxygen atoms in total. The zero-order chi connectivity index (χ0) is 10.7. The van der Waals surface area contributed by atoms with E-state index in [-0.39, 0.29) is 6.61 Å². The van der Waals surface area contributed by atoms with Crippen LogP contribution < -0.4 is 0 Å². The molecule has 0 saturated carbocycles. The number of hydrogen-bond acceptors (Lipinski definition) is 4. The van der Waals surface area contributed by atoms with Gasteiger partial charge in [0.15, 0.2) is 0 Å². The number of likely N-dealkylation sites (tertiary alicyclic amines) is 1. The van der Waals surface area contributed by atoms with Gasteiger partial charge in [-0.2, -0.15) is 0 Å². The molecule has 1 aromatic heterocycles. The number of aliphatic hydroxyl groups is 1. The predicted octanol–water partition coefficient (Wildman–Crippen LogP) is 1.84. The quantitative estimate of drug-likeness (QED) is 0.824. The van der Waals surface area contributed by atoms with Crippen molar-refractivity contribution < 1.29 is 5.11 Å². The van der Waals surface area contributed by atoms with Gasteiger partial charge in [0.1, 0.15) is 5.01 Å². The average molecular weight is 247 g/mol. The van der Waals surface area contributed by atoms with Crippen molar-refractivity contribution in [2.75, 3.05) is 13.2 Å². The van der Waals surface area contributed by atoms with Crippen LogP contribution in [0.3, 0.4) is 0 Å². The van der Waals surface area contributed by atoms with Gasteiger partial charge in [0, 0.05) is 11.4 Å². The van der Waals surface area contributed by atoms with E-state index in [1.54, 1.807) is 11.3 Å². The summed E-state index contributed by atoms with van der Waals surface area (Å²) in [6, 6.07) is 0.327. The lowest BCUT2D eigenvalue weighted by molar-refractivity contribution is 0.153. The number of hydrogen-bond donors (Lipinski definition) is 1. The highest BCUT2D eigenvalue weighted by molar-refractivity contribution is 7.09. The summed E-state index contributed by atoms with van der Waals surface area (Å²) < 4.78 is 0. The predicted molar refractivity (Wildman–Crippen MR) is 62.2 cm³/mol. The molecule has 5 heteroatoms. The zero-order valence-electron chi connectivity index (χ0n) is 8.53. The first-order chi connectivity index (χ1) is 7.33. The van der Waals surface area contributed by atoms with E-state index in [9.17, 15) is 5.11 Å². The molecular formula is C10H15ClN2OS. The number of halogens is 1. The molecule has 0 bridgehead atoms. The summed E-state index contributed by atoms with van der Waals surface area (Å²) in [5, 5.41) is 12.3. The molecule has 2 heterocycles. The van der Waals surface area contributed by atoms with Gasteiger partial charge in [-0.15, -0.1) is 22.9 Å². The van der Waals surface area contributed by atoms with Gasteiger partial charge in [-0.25, -0.2) is 4.98 Å². The lowest BCUT2D eigenvalue weighted by atomic mass is 10.2. The van der Waals surface area contributed by atoms with Crippen LogP contribution in [0.2, 0.25) is 0 Å². The Morgan fingerprint density at radius 2 is 2.53 bits per heavy atom. The van der Waals surface area contributed by atoms with Crippen molar-refractivity contribution in [3.8, 4) is 0 Å². The standard InChI is InChI=1S/C10H15ClN2OS/c11-4-8-7-15-10(12-8)5-13-3-1-2-9(13)6-14/h7,9,14H,1-6H2. The molecule has 1 atom stereocenters. The van der Waals surface area contributed by atoms with Gasteiger partial charge in [-0.1, -0.05) is 0 Å². The number of aromatic nitrogens is 1. The van der Waals surface area contributed by atoms with Crippen LogP contribution in [-0.2, 0) is 12.4 Å². The third-order valence-electron chi connectivity index (χ3n) is 2.78. The fraction of sp³-hybridized carbons (Fsp3) is 0.700. The van der Waals surface area contributed by atoms with Gasteiger partial charge in [-0.05, 0) is 19.4 Å². The summed E-state index contributed by atoms with van der Waals surface area (Å²) >= 11 is 7.36. The Hall–Kier alpha value is -0.160. The Morgan fingerprint density at radius 3 is 3.20 bits per heavy atom. The monoisotopic (exact) mass is 246 g/mol. The highest BCUT2D eigenvalue weighted by Gasteiger charge is 2.24. The highest BCUT2D eigenvalue weighted by Crippen LogP contribution is 2.21. The Morgan fingerprint density at radius 1 is 1.67 bits per heavy atom. The first-order valence-electron chi connectivity index (χ1n) is 5.17. The lowest BCUT2D eigenvalue weighted by Gasteiger charge is -2.20. The van der Waals surface area contributed by atoms with E-state index >= 15 is 0 Å². The molecule has 15 heavy (non-hydrogen) atoms. The van der Waals surface area contributed by atoms with Gasteiger partial charge in [0.25, 0.3) is 0 Å². The molecule has 1 saturated heterocycles. The van der Waals surface area contributed by atoms with Crippen LogP contribution in [-0.4, -0.2) is 34.2 Å². The minimum Gasteiger partial charge on any atom is -0.395 e. The molecule has 0 radical (unpaired) electrons. The summed E-state index contributed by atoms with van der Waals surface area (Å²) in [6.07, 6.45) is 2.28. The molecule has 1 fully saturated rings. The van der Waals surface area contributed by atoms with Gasteiger partial charge in [-0.3, -0.25) is 4.90 Å². The number of nitrogens with zero attached hydrogens (tertiary/aromatic N) is 2. The third-order valence-corrected chi connectivity index (χ3v) is 3.94. The van der Waals surface area contributed by atoms with E-state index in [0.717, 1.165) is 30.2 Å². The Balaban J connectivity index is 1.95. The van der Waals surface area contributed by atoms with Gasteiger partial charge >= 0.3 is 0 Å². The van der Waals surface area contributed by atoms with Crippen LogP contribution in [0.1, 0.15) is 23.5 Å². The van der Waals surface area contributed by atoms with Crippen molar-refractivity contribution in [1.82, 2.24) is 9.88 Å². The molecular weight excluding hydrogens is 232 g/mol. The SMILES string of the molecule is OCC1CCCN1Cc1nc(CCl)cs1. The van der Waals surface area contributed by atoms with Crippen LogP contribution in [0.4, 0.5) is 0 Å². The summed E-state index contributed by atoms with van der Waals surface area (Å²) in [4.78, 5) is 6.73. The van der Waals surface area contributed by atoms with Crippen molar-refractivity contribution in [2.45, 2.75) is 31.3 Å². The average Bonchev–Trinajstić information content (AvgIpc) is 2.87. The molecule has 1 aliphatic heterocycles. The number of thiazole rings is 1. The largest absolute Gasteiger partial charge is 0.395 e. The van der Waals surface area contributed by atoms with E-state index in [2.05, 4.69) is 9.88 Å². The topological polar surface area (TPSA) is 36.4 Å². The first kappa shape index (κ1) is 11.3. The summed E-state index contributed by atoms with van der Waals surface area (Å²) in [7, 11) is 0. The molecule has 0 spiro atoms. The second-order valence-electron chi connectivity index (χ2n) is 3.82.